The fourth-order valence-electron chi connectivity index (χ4n) is 2.79. The molecule has 2 N–H and O–H groups in total. The molecular weight excluding hydrogens is 262 g/mol. The van der Waals surface area contributed by atoms with Crippen LogP contribution in [0.25, 0.3) is 0 Å². The number of carbonyl (C=O) groups is 1. The molecule has 1 aromatic carbocycles. The van der Waals surface area contributed by atoms with E-state index in [1.807, 2.05) is 19.2 Å². The van der Waals surface area contributed by atoms with Crippen LogP contribution in [0.1, 0.15) is 22.5 Å². The van der Waals surface area contributed by atoms with E-state index >= 15 is 0 Å². The maximum atomic E-state index is 12.3. The number of hydrogen-bond donors (Lipinski definition) is 2. The summed E-state index contributed by atoms with van der Waals surface area (Å²) in [6, 6.07) is 12.3. The van der Waals surface area contributed by atoms with Crippen molar-refractivity contribution in [1.29, 1.82) is 0 Å². The van der Waals surface area contributed by atoms with Crippen LogP contribution in [0.5, 0.6) is 0 Å². The van der Waals surface area contributed by atoms with Crippen LogP contribution in [0, 0.1) is 6.92 Å². The van der Waals surface area contributed by atoms with Crippen molar-refractivity contribution in [1.82, 2.24) is 15.2 Å². The zero-order chi connectivity index (χ0) is 14.8. The minimum absolute atomic E-state index is 0.0726. The molecule has 1 amide bonds. The van der Waals surface area contributed by atoms with Gasteiger partial charge in [0.05, 0.1) is 12.6 Å². The molecule has 0 bridgehead atoms. The summed E-state index contributed by atoms with van der Waals surface area (Å²) in [6.07, 6.45) is 0.758. The number of aromatic nitrogens is 1. The first kappa shape index (κ1) is 13.9. The minimum atomic E-state index is -0.138. The third kappa shape index (κ3) is 2.85. The van der Waals surface area contributed by atoms with Gasteiger partial charge in [0.25, 0.3) is 0 Å². The van der Waals surface area contributed by atoms with E-state index in [2.05, 4.69) is 46.4 Å². The number of benzene rings is 1. The number of hydrogen-bond acceptors (Lipinski definition) is 2. The molecular formula is C17H21N3O. The molecule has 4 nitrogen and oxygen atoms in total. The molecule has 1 aliphatic rings. The number of rotatable bonds is 3. The molecule has 0 saturated carbocycles. The lowest BCUT2D eigenvalue weighted by molar-refractivity contribution is -0.123. The second kappa shape index (κ2) is 5.74. The molecule has 1 aromatic heterocycles. The number of nitrogens with zero attached hydrogens (tertiary/aromatic N) is 1. The highest BCUT2D eigenvalue weighted by Gasteiger charge is 2.23. The molecule has 1 atom stereocenters. The number of fused-ring (bicyclic) bond motifs is 1. The lowest BCUT2D eigenvalue weighted by atomic mass is 9.95. The van der Waals surface area contributed by atoms with Gasteiger partial charge in [-0.1, -0.05) is 24.3 Å². The molecule has 110 valence electrons. The molecule has 0 spiro atoms. The Bertz CT molecular complexity index is 660. The van der Waals surface area contributed by atoms with E-state index in [9.17, 15) is 4.79 Å². The van der Waals surface area contributed by atoms with Gasteiger partial charge in [-0.05, 0) is 36.6 Å². The summed E-state index contributed by atoms with van der Waals surface area (Å²) >= 11 is 0. The average Bonchev–Trinajstić information content (AvgIpc) is 2.84. The van der Waals surface area contributed by atoms with Crippen molar-refractivity contribution in [3.8, 4) is 0 Å². The van der Waals surface area contributed by atoms with Crippen molar-refractivity contribution in [3.63, 3.8) is 0 Å². The lowest BCUT2D eigenvalue weighted by Gasteiger charge is -2.25. The first-order valence-corrected chi connectivity index (χ1v) is 7.34. The standard InChI is InChI=1S/C17H21N3O/c1-12-7-8-15(20(12)2)11-19-17(21)16-9-13-5-3-4-6-14(13)10-18-16/h3-8,16,18H,9-11H2,1-2H3,(H,19,21). The molecule has 1 aliphatic heterocycles. The zero-order valence-corrected chi connectivity index (χ0v) is 12.5. The maximum absolute atomic E-state index is 12.3. The molecule has 0 aliphatic carbocycles. The third-order valence-electron chi connectivity index (χ3n) is 4.32. The monoisotopic (exact) mass is 283 g/mol. The summed E-state index contributed by atoms with van der Waals surface area (Å²) in [6.45, 7) is 3.39. The summed E-state index contributed by atoms with van der Waals surface area (Å²) in [4.78, 5) is 12.3. The Morgan fingerprint density at radius 2 is 2.05 bits per heavy atom. The molecule has 0 saturated heterocycles. The summed E-state index contributed by atoms with van der Waals surface area (Å²) in [7, 11) is 2.02. The maximum Gasteiger partial charge on any atom is 0.237 e. The van der Waals surface area contributed by atoms with E-state index < -0.39 is 0 Å². The molecule has 4 heteroatoms. The van der Waals surface area contributed by atoms with Crippen molar-refractivity contribution in [2.24, 2.45) is 7.05 Å². The van der Waals surface area contributed by atoms with Gasteiger partial charge in [0.2, 0.25) is 5.91 Å². The van der Waals surface area contributed by atoms with Gasteiger partial charge in [0.1, 0.15) is 0 Å². The second-order valence-electron chi connectivity index (χ2n) is 5.65. The van der Waals surface area contributed by atoms with Crippen LogP contribution in [0.4, 0.5) is 0 Å². The Hall–Kier alpha value is -2.07. The van der Waals surface area contributed by atoms with Gasteiger partial charge in [-0.15, -0.1) is 0 Å². The van der Waals surface area contributed by atoms with Crippen LogP contribution in [-0.4, -0.2) is 16.5 Å². The minimum Gasteiger partial charge on any atom is -0.350 e. The van der Waals surface area contributed by atoms with Gasteiger partial charge >= 0.3 is 0 Å². The average molecular weight is 283 g/mol. The van der Waals surface area contributed by atoms with Crippen LogP contribution in [0.15, 0.2) is 36.4 Å². The van der Waals surface area contributed by atoms with Gasteiger partial charge in [-0.3, -0.25) is 4.79 Å². The summed E-state index contributed by atoms with van der Waals surface area (Å²) in [5.41, 5.74) is 4.88. The predicted molar refractivity (Wildman–Crippen MR) is 82.8 cm³/mol. The Morgan fingerprint density at radius 1 is 1.29 bits per heavy atom. The Balaban J connectivity index is 1.61. The van der Waals surface area contributed by atoms with Crippen LogP contribution in [0.3, 0.4) is 0 Å². The number of amides is 1. The highest BCUT2D eigenvalue weighted by Crippen LogP contribution is 2.16. The molecule has 3 rings (SSSR count). The number of aryl methyl sites for hydroxylation is 1. The summed E-state index contributed by atoms with van der Waals surface area (Å²) < 4.78 is 2.10. The molecule has 0 radical (unpaired) electrons. The first-order chi connectivity index (χ1) is 10.1. The van der Waals surface area contributed by atoms with E-state index in [1.165, 1.54) is 16.8 Å². The fourth-order valence-corrected chi connectivity index (χ4v) is 2.79. The predicted octanol–water partition coefficient (Wildman–Crippen LogP) is 1.66. The molecule has 21 heavy (non-hydrogen) atoms. The van der Waals surface area contributed by atoms with Crippen LogP contribution >= 0.6 is 0 Å². The summed E-state index contributed by atoms with van der Waals surface area (Å²) in [5.74, 6) is 0.0726. The van der Waals surface area contributed by atoms with Crippen molar-refractivity contribution >= 4 is 5.91 Å². The highest BCUT2D eigenvalue weighted by molar-refractivity contribution is 5.82. The van der Waals surface area contributed by atoms with E-state index in [1.54, 1.807) is 0 Å². The van der Waals surface area contributed by atoms with Crippen LogP contribution in [0.2, 0.25) is 0 Å². The quantitative estimate of drug-likeness (QED) is 0.900. The SMILES string of the molecule is Cc1ccc(CNC(=O)C2Cc3ccccc3CN2)n1C. The highest BCUT2D eigenvalue weighted by atomic mass is 16.2. The Kier molecular flexibility index (Phi) is 3.80. The topological polar surface area (TPSA) is 46.1 Å². The molecule has 2 aromatic rings. The smallest absolute Gasteiger partial charge is 0.237 e. The Labute approximate surface area is 125 Å². The number of nitrogens with one attached hydrogen (secondary N) is 2. The van der Waals surface area contributed by atoms with Crippen LogP contribution < -0.4 is 10.6 Å². The second-order valence-corrected chi connectivity index (χ2v) is 5.65. The van der Waals surface area contributed by atoms with E-state index in [-0.39, 0.29) is 11.9 Å². The third-order valence-corrected chi connectivity index (χ3v) is 4.32. The van der Waals surface area contributed by atoms with Crippen molar-refractivity contribution in [2.45, 2.75) is 32.5 Å². The number of carbonyl (C=O) groups excluding carboxylic acids is 1. The van der Waals surface area contributed by atoms with Gasteiger partial charge < -0.3 is 15.2 Å². The van der Waals surface area contributed by atoms with Crippen molar-refractivity contribution < 1.29 is 4.79 Å². The first-order valence-electron chi connectivity index (χ1n) is 7.34. The molecule has 2 heterocycles. The largest absolute Gasteiger partial charge is 0.350 e. The normalized spacial score (nSPS) is 17.3. The molecule has 0 fully saturated rings. The fraction of sp³-hybridized carbons (Fsp3) is 0.353. The van der Waals surface area contributed by atoms with Crippen molar-refractivity contribution in [2.75, 3.05) is 0 Å². The van der Waals surface area contributed by atoms with E-state index in [0.717, 1.165) is 18.7 Å². The van der Waals surface area contributed by atoms with E-state index in [4.69, 9.17) is 0 Å². The van der Waals surface area contributed by atoms with Gasteiger partial charge in [0, 0.05) is 25.0 Å². The lowest BCUT2D eigenvalue weighted by Crippen LogP contribution is -2.47. The van der Waals surface area contributed by atoms with E-state index in [0.29, 0.717) is 6.54 Å². The zero-order valence-electron chi connectivity index (χ0n) is 12.5. The van der Waals surface area contributed by atoms with Crippen molar-refractivity contribution in [3.05, 3.63) is 58.9 Å². The van der Waals surface area contributed by atoms with Gasteiger partial charge in [0.15, 0.2) is 0 Å². The summed E-state index contributed by atoms with van der Waals surface area (Å²) in [5, 5.41) is 6.34. The van der Waals surface area contributed by atoms with Crippen LogP contribution in [-0.2, 0) is 31.4 Å². The van der Waals surface area contributed by atoms with Gasteiger partial charge in [-0.2, -0.15) is 0 Å². The van der Waals surface area contributed by atoms with Gasteiger partial charge in [-0.25, -0.2) is 0 Å². The Morgan fingerprint density at radius 3 is 2.76 bits per heavy atom. The molecule has 1 unspecified atom stereocenters.